The highest BCUT2D eigenvalue weighted by Crippen LogP contribution is 2.35. The molecule has 1 aliphatic rings. The molecule has 1 aromatic rings. The molecule has 3 nitrogen and oxygen atoms in total. The Morgan fingerprint density at radius 2 is 2.16 bits per heavy atom. The minimum absolute atomic E-state index is 0.417. The standard InChI is InChI=1S/C15H27N3S/c1-5-9-18(10-13-7-8-13)15-17-12(4)14(19-15)11(3)16-6-2/h11,13,16H,5-10H2,1-4H3. The maximum absolute atomic E-state index is 4.82. The van der Waals surface area contributed by atoms with Gasteiger partial charge >= 0.3 is 0 Å². The predicted molar refractivity (Wildman–Crippen MR) is 84.2 cm³/mol. The molecule has 0 amide bonds. The number of nitrogens with zero attached hydrogens (tertiary/aromatic N) is 2. The maximum atomic E-state index is 4.82. The zero-order valence-corrected chi connectivity index (χ0v) is 13.5. The quantitative estimate of drug-likeness (QED) is 0.786. The van der Waals surface area contributed by atoms with Crippen LogP contribution in [-0.2, 0) is 0 Å². The van der Waals surface area contributed by atoms with Crippen LogP contribution in [0.1, 0.15) is 56.6 Å². The van der Waals surface area contributed by atoms with E-state index in [4.69, 9.17) is 4.98 Å². The second-order valence-electron chi connectivity index (χ2n) is 5.61. The Morgan fingerprint density at radius 3 is 2.74 bits per heavy atom. The van der Waals surface area contributed by atoms with E-state index in [0.717, 1.165) is 19.0 Å². The van der Waals surface area contributed by atoms with E-state index in [-0.39, 0.29) is 0 Å². The minimum atomic E-state index is 0.417. The van der Waals surface area contributed by atoms with Crippen molar-refractivity contribution in [2.24, 2.45) is 5.92 Å². The van der Waals surface area contributed by atoms with Crippen LogP contribution >= 0.6 is 11.3 Å². The van der Waals surface area contributed by atoms with Crippen molar-refractivity contribution in [3.05, 3.63) is 10.6 Å². The van der Waals surface area contributed by atoms with Crippen LogP contribution in [-0.4, -0.2) is 24.6 Å². The summed E-state index contributed by atoms with van der Waals surface area (Å²) in [7, 11) is 0. The van der Waals surface area contributed by atoms with E-state index in [9.17, 15) is 0 Å². The average Bonchev–Trinajstić information content (AvgIpc) is 3.10. The molecule has 1 N–H and O–H groups in total. The van der Waals surface area contributed by atoms with Gasteiger partial charge in [-0.15, -0.1) is 11.3 Å². The number of aryl methyl sites for hydroxylation is 1. The second kappa shape index (κ2) is 6.71. The van der Waals surface area contributed by atoms with E-state index in [1.54, 1.807) is 0 Å². The smallest absolute Gasteiger partial charge is 0.185 e. The molecule has 1 fully saturated rings. The molecule has 1 aliphatic carbocycles. The van der Waals surface area contributed by atoms with Crippen molar-refractivity contribution in [1.29, 1.82) is 0 Å². The number of thiazole rings is 1. The Morgan fingerprint density at radius 1 is 1.42 bits per heavy atom. The predicted octanol–water partition coefficient (Wildman–Crippen LogP) is 3.75. The van der Waals surface area contributed by atoms with Gasteiger partial charge in [0.15, 0.2) is 5.13 Å². The lowest BCUT2D eigenvalue weighted by atomic mass is 10.2. The van der Waals surface area contributed by atoms with Crippen molar-refractivity contribution in [2.45, 2.75) is 53.0 Å². The fourth-order valence-corrected chi connectivity index (χ4v) is 3.60. The van der Waals surface area contributed by atoms with Crippen LogP contribution in [0.5, 0.6) is 0 Å². The van der Waals surface area contributed by atoms with Crippen molar-refractivity contribution in [3.63, 3.8) is 0 Å². The van der Waals surface area contributed by atoms with Crippen molar-refractivity contribution >= 4 is 16.5 Å². The monoisotopic (exact) mass is 281 g/mol. The summed E-state index contributed by atoms with van der Waals surface area (Å²) in [5.41, 5.74) is 1.20. The van der Waals surface area contributed by atoms with Crippen LogP contribution in [0.4, 0.5) is 5.13 Å². The molecular weight excluding hydrogens is 254 g/mol. The van der Waals surface area contributed by atoms with Crippen molar-refractivity contribution in [2.75, 3.05) is 24.5 Å². The summed E-state index contributed by atoms with van der Waals surface area (Å²) in [6.45, 7) is 12.1. The van der Waals surface area contributed by atoms with E-state index >= 15 is 0 Å². The molecule has 108 valence electrons. The third kappa shape index (κ3) is 3.93. The summed E-state index contributed by atoms with van der Waals surface area (Å²) in [6.07, 6.45) is 4.01. The summed E-state index contributed by atoms with van der Waals surface area (Å²) >= 11 is 1.88. The zero-order chi connectivity index (χ0) is 13.8. The highest BCUT2D eigenvalue weighted by molar-refractivity contribution is 7.15. The summed E-state index contributed by atoms with van der Waals surface area (Å²) in [4.78, 5) is 8.71. The van der Waals surface area contributed by atoms with E-state index < -0.39 is 0 Å². The second-order valence-corrected chi connectivity index (χ2v) is 6.62. The van der Waals surface area contributed by atoms with Gasteiger partial charge in [0, 0.05) is 24.0 Å². The zero-order valence-electron chi connectivity index (χ0n) is 12.7. The molecule has 4 heteroatoms. The minimum Gasteiger partial charge on any atom is -0.348 e. The molecule has 0 radical (unpaired) electrons. The third-order valence-corrected chi connectivity index (χ3v) is 5.07. The van der Waals surface area contributed by atoms with Crippen LogP contribution in [0.25, 0.3) is 0 Å². The van der Waals surface area contributed by atoms with E-state index in [1.807, 2.05) is 11.3 Å². The van der Waals surface area contributed by atoms with Crippen molar-refractivity contribution in [1.82, 2.24) is 10.3 Å². The molecule has 1 aromatic heterocycles. The van der Waals surface area contributed by atoms with Crippen LogP contribution in [0.2, 0.25) is 0 Å². The van der Waals surface area contributed by atoms with Gasteiger partial charge in [0.25, 0.3) is 0 Å². The number of aromatic nitrogens is 1. The topological polar surface area (TPSA) is 28.2 Å². The van der Waals surface area contributed by atoms with Crippen LogP contribution in [0, 0.1) is 12.8 Å². The van der Waals surface area contributed by atoms with E-state index in [0.29, 0.717) is 6.04 Å². The molecule has 0 saturated heterocycles. The first-order valence-electron chi connectivity index (χ1n) is 7.61. The average molecular weight is 281 g/mol. The SMILES string of the molecule is CCCN(CC1CC1)c1nc(C)c(C(C)NCC)s1. The first kappa shape index (κ1) is 14.8. The molecule has 1 atom stereocenters. The normalized spacial score (nSPS) is 16.6. The molecule has 1 unspecified atom stereocenters. The largest absolute Gasteiger partial charge is 0.348 e. The maximum Gasteiger partial charge on any atom is 0.185 e. The van der Waals surface area contributed by atoms with Crippen molar-refractivity contribution in [3.8, 4) is 0 Å². The molecule has 19 heavy (non-hydrogen) atoms. The summed E-state index contributed by atoms with van der Waals surface area (Å²) in [5, 5.41) is 4.72. The van der Waals surface area contributed by atoms with Gasteiger partial charge in [-0.05, 0) is 45.6 Å². The summed E-state index contributed by atoms with van der Waals surface area (Å²) < 4.78 is 0. The van der Waals surface area contributed by atoms with Gasteiger partial charge in [-0.3, -0.25) is 0 Å². The Bertz CT molecular complexity index is 398. The molecule has 0 aromatic carbocycles. The number of nitrogens with one attached hydrogen (secondary N) is 1. The fraction of sp³-hybridized carbons (Fsp3) is 0.800. The Balaban J connectivity index is 2.10. The Hall–Kier alpha value is -0.610. The Kier molecular flexibility index (Phi) is 5.22. The van der Waals surface area contributed by atoms with E-state index in [2.05, 4.69) is 37.9 Å². The van der Waals surface area contributed by atoms with Crippen molar-refractivity contribution < 1.29 is 0 Å². The van der Waals surface area contributed by atoms with Gasteiger partial charge < -0.3 is 10.2 Å². The van der Waals surface area contributed by atoms with Gasteiger partial charge in [0.1, 0.15) is 0 Å². The molecule has 1 saturated carbocycles. The van der Waals surface area contributed by atoms with E-state index in [1.165, 1.54) is 41.5 Å². The summed E-state index contributed by atoms with van der Waals surface area (Å²) in [5.74, 6) is 0.922. The Labute approximate surface area is 121 Å². The lowest BCUT2D eigenvalue weighted by Crippen LogP contribution is -2.26. The highest BCUT2D eigenvalue weighted by atomic mass is 32.1. The van der Waals surface area contributed by atoms with Gasteiger partial charge in [-0.2, -0.15) is 0 Å². The highest BCUT2D eigenvalue weighted by Gasteiger charge is 2.26. The first-order valence-corrected chi connectivity index (χ1v) is 8.43. The number of hydrogen-bond donors (Lipinski definition) is 1. The fourth-order valence-electron chi connectivity index (χ4n) is 2.48. The van der Waals surface area contributed by atoms with Gasteiger partial charge in [0.05, 0.1) is 5.69 Å². The third-order valence-electron chi connectivity index (χ3n) is 3.66. The number of anilines is 1. The van der Waals surface area contributed by atoms with Crippen LogP contribution < -0.4 is 10.2 Å². The number of hydrogen-bond acceptors (Lipinski definition) is 4. The number of rotatable bonds is 8. The lowest BCUT2D eigenvalue weighted by molar-refractivity contribution is 0.603. The van der Waals surface area contributed by atoms with Gasteiger partial charge in [0.2, 0.25) is 0 Å². The van der Waals surface area contributed by atoms with Crippen LogP contribution in [0.15, 0.2) is 0 Å². The molecular formula is C15H27N3S. The molecule has 0 aliphatic heterocycles. The van der Waals surface area contributed by atoms with Crippen LogP contribution in [0.3, 0.4) is 0 Å². The lowest BCUT2D eigenvalue weighted by Gasteiger charge is -2.20. The molecule has 1 heterocycles. The molecule has 0 bridgehead atoms. The van der Waals surface area contributed by atoms with Gasteiger partial charge in [-0.1, -0.05) is 13.8 Å². The summed E-state index contributed by atoms with van der Waals surface area (Å²) in [6, 6.07) is 0.417. The van der Waals surface area contributed by atoms with Gasteiger partial charge in [-0.25, -0.2) is 4.98 Å². The molecule has 2 rings (SSSR count). The first-order chi connectivity index (χ1) is 9.15. The molecule has 0 spiro atoms.